The van der Waals surface area contributed by atoms with E-state index in [0.717, 1.165) is 24.8 Å². The summed E-state index contributed by atoms with van der Waals surface area (Å²) in [4.78, 5) is 31.5. The van der Waals surface area contributed by atoms with Crippen LogP contribution in [-0.4, -0.2) is 21.9 Å². The van der Waals surface area contributed by atoms with E-state index in [-0.39, 0.29) is 29.5 Å². The van der Waals surface area contributed by atoms with Crippen molar-refractivity contribution in [1.82, 2.24) is 15.3 Å². The predicted molar refractivity (Wildman–Crippen MR) is 151 cm³/mol. The van der Waals surface area contributed by atoms with E-state index < -0.39 is 5.91 Å². The number of fused-ring (bicyclic) bond motifs is 1. The summed E-state index contributed by atoms with van der Waals surface area (Å²) in [6.45, 7) is 18.5. The van der Waals surface area contributed by atoms with Crippen molar-refractivity contribution in [1.29, 1.82) is 5.26 Å². The van der Waals surface area contributed by atoms with Crippen LogP contribution < -0.4 is 16.2 Å². The number of pyridine rings is 2. The average molecular weight is 508 g/mol. The summed E-state index contributed by atoms with van der Waals surface area (Å²) in [7, 11) is 0. The lowest BCUT2D eigenvalue weighted by Crippen LogP contribution is -2.25. The molecule has 0 aliphatic carbocycles. The molecule has 2 unspecified atom stereocenters. The number of allylic oxidation sites excluding steroid dienone is 1. The summed E-state index contributed by atoms with van der Waals surface area (Å²) in [6.07, 6.45) is 4.42. The second-order valence-corrected chi connectivity index (χ2v) is 8.32. The van der Waals surface area contributed by atoms with Crippen LogP contribution >= 0.6 is 0 Å². The molecule has 3 aromatic heterocycles. The standard InChI is InChI=1S/C25H29N5O3.2C2H6/c1-5-7-17(10-16(4)15(2)3)29-22-11-19-21(14-27-22)33-20(12-26)24(19)25(32)28-13-18-8-6-9-23(31)30-18;2*1-2/h6,8-9,11,14,16-17H,2,5,7,10,13H2,1,3-4H3,(H,27,29)(H,28,32)(H,30,31);2*1-2H3. The van der Waals surface area contributed by atoms with Gasteiger partial charge in [-0.15, -0.1) is 0 Å². The summed E-state index contributed by atoms with van der Waals surface area (Å²) in [5.74, 6) is 0.432. The first-order valence-corrected chi connectivity index (χ1v) is 13.0. The van der Waals surface area contributed by atoms with Crippen LogP contribution in [0.5, 0.6) is 0 Å². The molecule has 1 amide bonds. The number of nitrogens with one attached hydrogen (secondary N) is 3. The lowest BCUT2D eigenvalue weighted by Gasteiger charge is -2.22. The molecule has 3 rings (SSSR count). The Hall–Kier alpha value is -3.86. The molecular weight excluding hydrogens is 466 g/mol. The highest BCUT2D eigenvalue weighted by Crippen LogP contribution is 2.28. The third kappa shape index (κ3) is 8.94. The highest BCUT2D eigenvalue weighted by atomic mass is 16.3. The van der Waals surface area contributed by atoms with Gasteiger partial charge < -0.3 is 20.0 Å². The third-order valence-electron chi connectivity index (χ3n) is 5.64. The maximum atomic E-state index is 12.9. The summed E-state index contributed by atoms with van der Waals surface area (Å²) in [6, 6.07) is 8.59. The van der Waals surface area contributed by atoms with Gasteiger partial charge in [0.1, 0.15) is 17.5 Å². The van der Waals surface area contributed by atoms with E-state index >= 15 is 0 Å². The molecule has 3 heterocycles. The molecule has 0 spiro atoms. The minimum atomic E-state index is -0.465. The highest BCUT2D eigenvalue weighted by molar-refractivity contribution is 6.08. The molecule has 3 aromatic rings. The van der Waals surface area contributed by atoms with E-state index in [9.17, 15) is 14.9 Å². The number of aromatic amines is 1. The van der Waals surface area contributed by atoms with Gasteiger partial charge in [0.25, 0.3) is 5.91 Å². The minimum absolute atomic E-state index is 0.0796. The summed E-state index contributed by atoms with van der Waals surface area (Å²) >= 11 is 0. The Morgan fingerprint density at radius 2 is 1.97 bits per heavy atom. The van der Waals surface area contributed by atoms with Gasteiger partial charge in [-0.1, -0.05) is 66.2 Å². The van der Waals surface area contributed by atoms with Crippen LogP contribution in [0.2, 0.25) is 0 Å². The molecule has 3 N–H and O–H groups in total. The molecule has 2 atom stereocenters. The first kappa shape index (κ1) is 31.2. The smallest absolute Gasteiger partial charge is 0.256 e. The molecule has 0 aliphatic heterocycles. The minimum Gasteiger partial charge on any atom is -0.443 e. The Kier molecular flexibility index (Phi) is 13.5. The van der Waals surface area contributed by atoms with Crippen molar-refractivity contribution in [2.45, 2.75) is 80.3 Å². The van der Waals surface area contributed by atoms with Crippen molar-refractivity contribution in [2.75, 3.05) is 5.32 Å². The van der Waals surface area contributed by atoms with E-state index in [1.807, 2.05) is 40.7 Å². The molecule has 0 radical (unpaired) electrons. The topological polar surface area (TPSA) is 124 Å². The fourth-order valence-electron chi connectivity index (χ4n) is 3.68. The summed E-state index contributed by atoms with van der Waals surface area (Å²) < 4.78 is 5.56. The van der Waals surface area contributed by atoms with E-state index in [1.54, 1.807) is 18.2 Å². The number of hydrogen-bond acceptors (Lipinski definition) is 6. The van der Waals surface area contributed by atoms with Crippen LogP contribution in [0.15, 0.2) is 51.8 Å². The van der Waals surface area contributed by atoms with Crippen molar-refractivity contribution in [3.8, 4) is 6.07 Å². The highest BCUT2D eigenvalue weighted by Gasteiger charge is 2.22. The van der Waals surface area contributed by atoms with Crippen molar-refractivity contribution in [3.05, 3.63) is 70.0 Å². The number of H-pyrrole nitrogens is 1. The predicted octanol–water partition coefficient (Wildman–Crippen LogP) is 6.55. The van der Waals surface area contributed by atoms with Crippen LogP contribution in [0, 0.1) is 17.2 Å². The largest absolute Gasteiger partial charge is 0.443 e. The molecule has 0 bridgehead atoms. The second kappa shape index (κ2) is 16.0. The quantitative estimate of drug-likeness (QED) is 0.267. The zero-order chi connectivity index (χ0) is 28.0. The van der Waals surface area contributed by atoms with Crippen LogP contribution in [0.25, 0.3) is 11.0 Å². The first-order chi connectivity index (χ1) is 17.8. The number of nitriles is 1. The van der Waals surface area contributed by atoms with Crippen molar-refractivity contribution < 1.29 is 9.21 Å². The van der Waals surface area contributed by atoms with Crippen molar-refractivity contribution in [2.24, 2.45) is 5.92 Å². The maximum Gasteiger partial charge on any atom is 0.256 e. The lowest BCUT2D eigenvalue weighted by atomic mass is 9.93. The van der Waals surface area contributed by atoms with Gasteiger partial charge >= 0.3 is 0 Å². The molecule has 0 aliphatic rings. The molecule has 0 fully saturated rings. The van der Waals surface area contributed by atoms with Crippen molar-refractivity contribution in [3.63, 3.8) is 0 Å². The van der Waals surface area contributed by atoms with Crippen LogP contribution in [-0.2, 0) is 6.54 Å². The Balaban J connectivity index is 0.00000163. The maximum absolute atomic E-state index is 12.9. The van der Waals surface area contributed by atoms with Gasteiger partial charge in [-0.05, 0) is 37.8 Å². The lowest BCUT2D eigenvalue weighted by molar-refractivity contribution is 0.0951. The molecular formula is C29H41N5O3. The zero-order valence-electron chi connectivity index (χ0n) is 23.2. The number of aromatic nitrogens is 2. The van der Waals surface area contributed by atoms with Crippen LogP contribution in [0.1, 0.15) is 89.5 Å². The average Bonchev–Trinajstić information content (AvgIpc) is 3.28. The van der Waals surface area contributed by atoms with Gasteiger partial charge in [-0.25, -0.2) is 4.98 Å². The van der Waals surface area contributed by atoms with Gasteiger partial charge in [0.15, 0.2) is 5.58 Å². The van der Waals surface area contributed by atoms with E-state index in [4.69, 9.17) is 4.42 Å². The summed E-state index contributed by atoms with van der Waals surface area (Å²) in [5.41, 5.74) is 1.95. The van der Waals surface area contributed by atoms with E-state index in [2.05, 4.69) is 41.0 Å². The van der Waals surface area contributed by atoms with Gasteiger partial charge in [0.05, 0.1) is 12.7 Å². The number of anilines is 1. The SMILES string of the molecule is C=C(C)C(C)CC(CCC)Nc1cc2c(C(=O)NCc3cccc(=O)[nH]3)c(C#N)oc2cn1.CC.CC. The third-order valence-corrected chi connectivity index (χ3v) is 5.64. The van der Waals surface area contributed by atoms with Gasteiger partial charge in [-0.2, -0.15) is 5.26 Å². The van der Waals surface area contributed by atoms with Gasteiger partial charge in [0.2, 0.25) is 11.3 Å². The van der Waals surface area contributed by atoms with Crippen LogP contribution in [0.3, 0.4) is 0 Å². The van der Waals surface area contributed by atoms with E-state index in [0.29, 0.717) is 28.4 Å². The molecule has 0 saturated heterocycles. The zero-order valence-corrected chi connectivity index (χ0v) is 23.2. The van der Waals surface area contributed by atoms with Gasteiger partial charge in [-0.3, -0.25) is 9.59 Å². The number of furan rings is 1. The molecule has 37 heavy (non-hydrogen) atoms. The number of nitrogens with zero attached hydrogens (tertiary/aromatic N) is 2. The molecule has 0 saturated carbocycles. The summed E-state index contributed by atoms with van der Waals surface area (Å²) in [5, 5.41) is 16.2. The van der Waals surface area contributed by atoms with Crippen LogP contribution in [0.4, 0.5) is 5.82 Å². The Morgan fingerprint density at radius 1 is 1.27 bits per heavy atom. The fraction of sp³-hybridized carbons (Fsp3) is 0.448. The van der Waals surface area contributed by atoms with Crippen molar-refractivity contribution >= 4 is 22.7 Å². The fourth-order valence-corrected chi connectivity index (χ4v) is 3.68. The normalized spacial score (nSPS) is 11.6. The Labute approximate surface area is 220 Å². The number of carbonyl (C=O) groups excluding carboxylic acids is 1. The molecule has 8 heteroatoms. The van der Waals surface area contributed by atoms with E-state index in [1.165, 1.54) is 12.3 Å². The first-order valence-electron chi connectivity index (χ1n) is 13.0. The number of carbonyl (C=O) groups is 1. The molecule has 200 valence electrons. The Bertz CT molecular complexity index is 1250. The Morgan fingerprint density at radius 3 is 2.57 bits per heavy atom. The second-order valence-electron chi connectivity index (χ2n) is 8.32. The monoisotopic (exact) mass is 507 g/mol. The molecule has 8 nitrogen and oxygen atoms in total. The number of amides is 1. The van der Waals surface area contributed by atoms with Gasteiger partial charge in [0, 0.05) is 23.2 Å². The number of rotatable bonds is 10. The number of hydrogen-bond donors (Lipinski definition) is 3. The molecule has 0 aromatic carbocycles.